The van der Waals surface area contributed by atoms with Gasteiger partial charge in [0, 0.05) is 49.6 Å². The average molecular weight is 728 g/mol. The van der Waals surface area contributed by atoms with Gasteiger partial charge in [-0.2, -0.15) is 0 Å². The summed E-state index contributed by atoms with van der Waals surface area (Å²) in [5.74, 6) is 0.346. The maximum atomic E-state index is 10.2. The van der Waals surface area contributed by atoms with E-state index in [4.69, 9.17) is 9.98 Å². The summed E-state index contributed by atoms with van der Waals surface area (Å²) in [5.41, 5.74) is 1.31. The third-order valence-corrected chi connectivity index (χ3v) is 6.74. The Bertz CT molecular complexity index is 868. The molecule has 0 heterocycles. The summed E-state index contributed by atoms with van der Waals surface area (Å²) in [6.45, 7) is 0. The van der Waals surface area contributed by atoms with Gasteiger partial charge in [-0.05, 0) is 69.0 Å². The molecule has 0 aliphatic heterocycles. The van der Waals surface area contributed by atoms with Crippen molar-refractivity contribution in [3.63, 3.8) is 0 Å². The molecule has 2 atom stereocenters. The van der Waals surface area contributed by atoms with Gasteiger partial charge in [0.15, 0.2) is 0 Å². The Morgan fingerprint density at radius 2 is 1.10 bits per heavy atom. The van der Waals surface area contributed by atoms with Gasteiger partial charge in [-0.3, -0.25) is 9.98 Å². The molecule has 1 fully saturated rings. The van der Waals surface area contributed by atoms with E-state index in [9.17, 15) is 10.2 Å². The van der Waals surface area contributed by atoms with Crippen molar-refractivity contribution in [2.75, 3.05) is 0 Å². The number of aliphatic imine (C=N–C) groups is 2. The van der Waals surface area contributed by atoms with Crippen molar-refractivity contribution in [2.45, 2.75) is 37.8 Å². The molecule has 2 N–H and O–H groups in total. The minimum Gasteiger partial charge on any atom is -1.00 e. The van der Waals surface area contributed by atoms with Crippen LogP contribution >= 0.6 is 63.7 Å². The zero-order chi connectivity index (χ0) is 20.3. The molecule has 163 valence electrons. The van der Waals surface area contributed by atoms with Crippen molar-refractivity contribution in [1.29, 1.82) is 0 Å². The predicted octanol–water partition coefficient (Wildman–Crippen LogP) is 4.00. The van der Waals surface area contributed by atoms with Crippen LogP contribution in [0.2, 0.25) is 0 Å². The number of aromatic hydroxyl groups is 2. The Labute approximate surface area is 226 Å². The largest absolute Gasteiger partial charge is 1.00 e. The first-order valence-corrected chi connectivity index (χ1v) is 11.9. The van der Waals surface area contributed by atoms with Crippen molar-refractivity contribution in [1.82, 2.24) is 0 Å². The van der Waals surface area contributed by atoms with Gasteiger partial charge in [0.2, 0.25) is 0 Å². The molecule has 2 aromatic carbocycles. The number of hydrogen-bond acceptors (Lipinski definition) is 4. The molecule has 4 nitrogen and oxygen atoms in total. The SMILES string of the molecule is Oc1c(Br)cc(Br)cc1C=N[C@H]1CCCC[C@@H]1N=Cc1cc(Br)cc(Br)c1O.[Cl-].[Mn]. The summed E-state index contributed by atoms with van der Waals surface area (Å²) >= 11 is 13.6. The first-order chi connectivity index (χ1) is 13.3. The molecule has 0 aromatic heterocycles. The fourth-order valence-corrected chi connectivity index (χ4v) is 5.68. The van der Waals surface area contributed by atoms with E-state index in [0.29, 0.717) is 20.1 Å². The first-order valence-electron chi connectivity index (χ1n) is 8.77. The van der Waals surface area contributed by atoms with Crippen LogP contribution in [0.4, 0.5) is 0 Å². The molecule has 30 heavy (non-hydrogen) atoms. The first kappa shape index (κ1) is 28.1. The molecule has 0 unspecified atom stereocenters. The molecular formula is C20H18Br4ClMnN2O2-. The third-order valence-electron chi connectivity index (χ3n) is 4.62. The molecule has 1 aliphatic rings. The minimum atomic E-state index is 0. The van der Waals surface area contributed by atoms with E-state index in [1.807, 2.05) is 12.1 Å². The van der Waals surface area contributed by atoms with Crippen molar-refractivity contribution < 1.29 is 39.7 Å². The maximum Gasteiger partial charge on any atom is 0.138 e. The second-order valence-electron chi connectivity index (χ2n) is 6.63. The molecular weight excluding hydrogens is 710 g/mol. The zero-order valence-electron chi connectivity index (χ0n) is 15.5. The van der Waals surface area contributed by atoms with Crippen LogP contribution in [0.1, 0.15) is 36.8 Å². The van der Waals surface area contributed by atoms with Gasteiger partial charge in [0.1, 0.15) is 11.5 Å². The molecule has 1 radical (unpaired) electrons. The number of benzene rings is 2. The van der Waals surface area contributed by atoms with Gasteiger partial charge in [-0.15, -0.1) is 0 Å². The molecule has 1 aliphatic carbocycles. The van der Waals surface area contributed by atoms with Gasteiger partial charge in [0.05, 0.1) is 21.0 Å². The fourth-order valence-electron chi connectivity index (χ4n) is 3.16. The molecule has 0 saturated heterocycles. The number of phenols is 2. The Morgan fingerprint density at radius 1 is 0.733 bits per heavy atom. The smallest absolute Gasteiger partial charge is 0.138 e. The van der Waals surface area contributed by atoms with Crippen molar-refractivity contribution in [3.05, 3.63) is 53.3 Å². The van der Waals surface area contributed by atoms with E-state index < -0.39 is 0 Å². The van der Waals surface area contributed by atoms with E-state index in [0.717, 1.165) is 34.6 Å². The van der Waals surface area contributed by atoms with Crippen LogP contribution in [0.3, 0.4) is 0 Å². The summed E-state index contributed by atoms with van der Waals surface area (Å²) in [6.07, 6.45) is 7.55. The van der Waals surface area contributed by atoms with Crippen molar-refractivity contribution >= 4 is 76.1 Å². The van der Waals surface area contributed by atoms with Crippen LogP contribution in [-0.4, -0.2) is 34.7 Å². The summed E-state index contributed by atoms with van der Waals surface area (Å²) in [7, 11) is 0. The Balaban J connectivity index is 0.00000225. The molecule has 1 saturated carbocycles. The molecule has 0 spiro atoms. The van der Waals surface area contributed by atoms with E-state index in [2.05, 4.69) is 63.7 Å². The van der Waals surface area contributed by atoms with Crippen LogP contribution in [0.25, 0.3) is 0 Å². The van der Waals surface area contributed by atoms with E-state index in [1.54, 1.807) is 24.6 Å². The van der Waals surface area contributed by atoms with Gasteiger partial charge >= 0.3 is 0 Å². The molecule has 0 bridgehead atoms. The second kappa shape index (κ2) is 13.0. The second-order valence-corrected chi connectivity index (χ2v) is 10.2. The Kier molecular flexibility index (Phi) is 12.2. The molecule has 0 amide bonds. The van der Waals surface area contributed by atoms with Crippen LogP contribution < -0.4 is 12.4 Å². The predicted molar refractivity (Wildman–Crippen MR) is 128 cm³/mol. The van der Waals surface area contributed by atoms with Crippen LogP contribution in [0, 0.1) is 0 Å². The Hall–Kier alpha value is 0.109. The average Bonchev–Trinajstić information content (AvgIpc) is 2.65. The Morgan fingerprint density at radius 3 is 1.47 bits per heavy atom. The molecule has 2 aromatic rings. The van der Waals surface area contributed by atoms with Crippen molar-refractivity contribution in [2.24, 2.45) is 9.98 Å². The third kappa shape index (κ3) is 7.32. The summed E-state index contributed by atoms with van der Waals surface area (Å²) in [5, 5.41) is 20.5. The number of nitrogens with zero attached hydrogens (tertiary/aromatic N) is 2. The topological polar surface area (TPSA) is 65.2 Å². The van der Waals surface area contributed by atoms with Crippen LogP contribution in [-0.2, 0) is 17.1 Å². The van der Waals surface area contributed by atoms with Crippen LogP contribution in [0.5, 0.6) is 11.5 Å². The van der Waals surface area contributed by atoms with E-state index >= 15 is 0 Å². The van der Waals surface area contributed by atoms with Gasteiger partial charge < -0.3 is 22.6 Å². The van der Waals surface area contributed by atoms with E-state index in [-0.39, 0.29) is 53.1 Å². The normalized spacial score (nSPS) is 18.9. The summed E-state index contributed by atoms with van der Waals surface area (Å²) < 4.78 is 2.98. The van der Waals surface area contributed by atoms with E-state index in [1.165, 1.54) is 0 Å². The van der Waals surface area contributed by atoms with Gasteiger partial charge in [-0.1, -0.05) is 44.7 Å². The monoisotopic (exact) mass is 724 g/mol. The fraction of sp³-hybridized carbons (Fsp3) is 0.300. The number of hydrogen-bond donors (Lipinski definition) is 2. The zero-order valence-corrected chi connectivity index (χ0v) is 23.8. The van der Waals surface area contributed by atoms with Crippen LogP contribution in [0.15, 0.2) is 52.1 Å². The summed E-state index contributed by atoms with van der Waals surface area (Å²) in [4.78, 5) is 9.45. The maximum absolute atomic E-state index is 10.2. The van der Waals surface area contributed by atoms with Gasteiger partial charge in [-0.25, -0.2) is 0 Å². The molecule has 10 heteroatoms. The van der Waals surface area contributed by atoms with Crippen molar-refractivity contribution in [3.8, 4) is 11.5 Å². The summed E-state index contributed by atoms with van der Waals surface area (Å²) in [6, 6.07) is 7.34. The standard InChI is InChI=1S/C20H18Br4N2O2.ClH.Mn/c21-13-5-11(19(27)15(23)7-13)9-25-17-3-1-2-4-18(17)26-10-12-6-14(22)8-16(24)20(12)28;;/h5-10,17-18,27-28H,1-4H2;1H;/p-1/t17-,18-;;/m0../s1. The molecule has 3 rings (SSSR count). The quantitative estimate of drug-likeness (QED) is 0.370. The number of rotatable bonds is 4. The number of halogens is 5. The number of phenolic OH excluding ortho intramolecular Hbond substituents is 2. The minimum absolute atomic E-state index is 0. The van der Waals surface area contributed by atoms with Gasteiger partial charge in [0.25, 0.3) is 0 Å².